The van der Waals surface area contributed by atoms with Crippen molar-refractivity contribution in [3.05, 3.63) is 47.4 Å². The zero-order valence-electron chi connectivity index (χ0n) is 14.2. The molecule has 0 saturated carbocycles. The summed E-state index contributed by atoms with van der Waals surface area (Å²) in [6.45, 7) is 5.04. The molecule has 1 amide bonds. The molecule has 4 rings (SSSR count). The number of aromatic nitrogens is 2. The van der Waals surface area contributed by atoms with Crippen LogP contribution in [0.3, 0.4) is 0 Å². The summed E-state index contributed by atoms with van der Waals surface area (Å²) >= 11 is 0. The third-order valence-corrected chi connectivity index (χ3v) is 4.37. The fourth-order valence-corrected chi connectivity index (χ4v) is 3.16. The monoisotopic (exact) mass is 341 g/mol. The molecule has 1 aliphatic heterocycles. The number of nitrogens with zero attached hydrogens (tertiary/aromatic N) is 3. The van der Waals surface area contributed by atoms with Crippen LogP contribution in [0.5, 0.6) is 0 Å². The van der Waals surface area contributed by atoms with Gasteiger partial charge < -0.3 is 18.5 Å². The number of carbonyl (C=O) groups excluding carboxylic acids is 1. The Bertz CT molecular complexity index is 914. The molecule has 0 radical (unpaired) electrons. The Morgan fingerprint density at radius 2 is 2.12 bits per heavy atom. The molecule has 3 aromatic rings. The predicted octanol–water partition coefficient (Wildman–Crippen LogP) is 2.90. The Balaban J connectivity index is 1.64. The molecule has 130 valence electrons. The summed E-state index contributed by atoms with van der Waals surface area (Å²) in [6, 6.07) is 7.62. The van der Waals surface area contributed by atoms with E-state index in [9.17, 15) is 4.79 Å². The molecule has 7 heteroatoms. The minimum absolute atomic E-state index is 0.0497. The van der Waals surface area contributed by atoms with E-state index in [2.05, 4.69) is 10.2 Å². The van der Waals surface area contributed by atoms with Crippen LogP contribution in [0.4, 0.5) is 0 Å². The number of benzene rings is 1. The maximum Gasteiger partial charge on any atom is 0.258 e. The van der Waals surface area contributed by atoms with Gasteiger partial charge in [-0.2, -0.15) is 0 Å². The van der Waals surface area contributed by atoms with Crippen LogP contribution in [-0.2, 0) is 11.2 Å². The normalized spacial score (nSPS) is 18.0. The topological polar surface area (TPSA) is 81.6 Å². The van der Waals surface area contributed by atoms with Crippen molar-refractivity contribution in [2.45, 2.75) is 26.4 Å². The van der Waals surface area contributed by atoms with Crippen LogP contribution >= 0.6 is 0 Å². The first kappa shape index (κ1) is 15.8. The first-order valence-electron chi connectivity index (χ1n) is 8.38. The molecule has 7 nitrogen and oxygen atoms in total. The van der Waals surface area contributed by atoms with E-state index in [1.54, 1.807) is 11.8 Å². The van der Waals surface area contributed by atoms with Crippen molar-refractivity contribution in [1.29, 1.82) is 0 Å². The maximum absolute atomic E-state index is 13.2. The first-order valence-corrected chi connectivity index (χ1v) is 8.38. The largest absolute Gasteiger partial charge is 0.460 e. The average Bonchev–Trinajstić information content (AvgIpc) is 3.24. The van der Waals surface area contributed by atoms with E-state index in [0.717, 1.165) is 11.0 Å². The standard InChI is InChI=1S/C18H19N3O4/c1-3-13-16(12-6-4-5-7-14(12)25-13)18(22)21-8-9-23-15(10-21)17-20-19-11(2)24-17/h4-7,15H,3,8-10H2,1-2H3/t15-/m1/s1. The summed E-state index contributed by atoms with van der Waals surface area (Å²) in [6.07, 6.45) is 0.258. The number of morpholine rings is 1. The van der Waals surface area contributed by atoms with Gasteiger partial charge in [-0.25, -0.2) is 0 Å². The zero-order valence-corrected chi connectivity index (χ0v) is 14.2. The fourth-order valence-electron chi connectivity index (χ4n) is 3.16. The highest BCUT2D eigenvalue weighted by Crippen LogP contribution is 2.29. The molecule has 0 N–H and O–H groups in total. The van der Waals surface area contributed by atoms with E-state index in [4.69, 9.17) is 13.6 Å². The highest BCUT2D eigenvalue weighted by atomic mass is 16.5. The fraction of sp³-hybridized carbons (Fsp3) is 0.389. The molecular weight excluding hydrogens is 322 g/mol. The molecule has 1 aliphatic rings. The van der Waals surface area contributed by atoms with Gasteiger partial charge in [0.25, 0.3) is 5.91 Å². The Morgan fingerprint density at radius 1 is 1.28 bits per heavy atom. The van der Waals surface area contributed by atoms with Crippen LogP contribution in [0.2, 0.25) is 0 Å². The maximum atomic E-state index is 13.2. The van der Waals surface area contributed by atoms with Gasteiger partial charge in [0.15, 0.2) is 6.10 Å². The van der Waals surface area contributed by atoms with Crippen LogP contribution in [0, 0.1) is 6.92 Å². The number of hydrogen-bond donors (Lipinski definition) is 0. The SMILES string of the molecule is CCc1oc2ccccc2c1C(=O)N1CCO[C@@H](c2nnc(C)o2)C1. The average molecular weight is 341 g/mol. The zero-order chi connectivity index (χ0) is 17.4. The Hall–Kier alpha value is -2.67. The third-order valence-electron chi connectivity index (χ3n) is 4.37. The van der Waals surface area contributed by atoms with E-state index in [0.29, 0.717) is 49.2 Å². The number of hydrogen-bond acceptors (Lipinski definition) is 6. The molecule has 0 aliphatic carbocycles. The van der Waals surface area contributed by atoms with Gasteiger partial charge in [-0.3, -0.25) is 4.79 Å². The van der Waals surface area contributed by atoms with E-state index in [1.807, 2.05) is 31.2 Å². The summed E-state index contributed by atoms with van der Waals surface area (Å²) < 4.78 is 17.0. The molecule has 0 bridgehead atoms. The van der Waals surface area contributed by atoms with Crippen LogP contribution in [0.1, 0.15) is 40.9 Å². The number of fused-ring (bicyclic) bond motifs is 1. The lowest BCUT2D eigenvalue weighted by molar-refractivity contribution is -0.0349. The summed E-state index contributed by atoms with van der Waals surface area (Å²) in [5.41, 5.74) is 1.38. The van der Waals surface area contributed by atoms with Crippen molar-refractivity contribution in [2.24, 2.45) is 0 Å². The summed E-state index contributed by atoms with van der Waals surface area (Å²) in [5, 5.41) is 8.69. The van der Waals surface area contributed by atoms with Gasteiger partial charge in [-0.15, -0.1) is 10.2 Å². The quantitative estimate of drug-likeness (QED) is 0.728. The smallest absolute Gasteiger partial charge is 0.258 e. The highest BCUT2D eigenvalue weighted by Gasteiger charge is 2.32. The molecular formula is C18H19N3O4. The summed E-state index contributed by atoms with van der Waals surface area (Å²) in [5.74, 6) is 1.55. The van der Waals surface area contributed by atoms with Crippen molar-refractivity contribution in [3.63, 3.8) is 0 Å². The van der Waals surface area contributed by atoms with E-state index < -0.39 is 6.10 Å². The molecule has 1 saturated heterocycles. The minimum Gasteiger partial charge on any atom is -0.460 e. The van der Waals surface area contributed by atoms with Gasteiger partial charge in [-0.1, -0.05) is 25.1 Å². The molecule has 1 fully saturated rings. The lowest BCUT2D eigenvalue weighted by atomic mass is 10.1. The van der Waals surface area contributed by atoms with Gasteiger partial charge in [0.05, 0.1) is 18.7 Å². The van der Waals surface area contributed by atoms with Crippen LogP contribution in [0.15, 0.2) is 33.1 Å². The lowest BCUT2D eigenvalue weighted by Gasteiger charge is -2.31. The van der Waals surface area contributed by atoms with Crippen molar-refractivity contribution < 1.29 is 18.4 Å². The molecule has 25 heavy (non-hydrogen) atoms. The molecule has 3 heterocycles. The van der Waals surface area contributed by atoms with Crippen molar-refractivity contribution >= 4 is 16.9 Å². The molecule has 0 spiro atoms. The van der Waals surface area contributed by atoms with Gasteiger partial charge in [0.1, 0.15) is 11.3 Å². The number of para-hydroxylation sites is 1. The van der Waals surface area contributed by atoms with Gasteiger partial charge >= 0.3 is 0 Å². The molecule has 1 atom stereocenters. The lowest BCUT2D eigenvalue weighted by Crippen LogP contribution is -2.42. The second kappa shape index (κ2) is 6.33. The second-order valence-corrected chi connectivity index (χ2v) is 6.02. The number of amides is 1. The van der Waals surface area contributed by atoms with Crippen LogP contribution < -0.4 is 0 Å². The van der Waals surface area contributed by atoms with Crippen molar-refractivity contribution in [3.8, 4) is 0 Å². The van der Waals surface area contributed by atoms with Crippen molar-refractivity contribution in [2.75, 3.05) is 19.7 Å². The Morgan fingerprint density at radius 3 is 2.88 bits per heavy atom. The number of aryl methyl sites for hydroxylation is 2. The van der Waals surface area contributed by atoms with E-state index in [1.165, 1.54) is 0 Å². The predicted molar refractivity (Wildman–Crippen MR) is 89.2 cm³/mol. The second-order valence-electron chi connectivity index (χ2n) is 6.02. The van der Waals surface area contributed by atoms with Crippen molar-refractivity contribution in [1.82, 2.24) is 15.1 Å². The van der Waals surface area contributed by atoms with Gasteiger partial charge in [-0.05, 0) is 6.07 Å². The van der Waals surface area contributed by atoms with Gasteiger partial charge in [0, 0.05) is 25.3 Å². The molecule has 1 aromatic carbocycles. The van der Waals surface area contributed by atoms with E-state index in [-0.39, 0.29) is 5.91 Å². The Labute approximate surface area is 144 Å². The Kier molecular flexibility index (Phi) is 4.01. The third kappa shape index (κ3) is 2.80. The van der Waals surface area contributed by atoms with Gasteiger partial charge in [0.2, 0.25) is 11.8 Å². The highest BCUT2D eigenvalue weighted by molar-refractivity contribution is 6.07. The summed E-state index contributed by atoms with van der Waals surface area (Å²) in [7, 11) is 0. The minimum atomic E-state index is -0.401. The first-order chi connectivity index (χ1) is 12.2. The number of ether oxygens (including phenoxy) is 1. The number of carbonyl (C=O) groups is 1. The summed E-state index contributed by atoms with van der Waals surface area (Å²) in [4.78, 5) is 14.9. The van der Waals surface area contributed by atoms with Crippen LogP contribution in [0.25, 0.3) is 11.0 Å². The molecule has 2 aromatic heterocycles. The number of furan rings is 1. The van der Waals surface area contributed by atoms with Crippen LogP contribution in [-0.4, -0.2) is 40.7 Å². The molecule has 0 unspecified atom stereocenters. The number of rotatable bonds is 3. The van der Waals surface area contributed by atoms with E-state index >= 15 is 0 Å².